The Morgan fingerprint density at radius 1 is 1.73 bits per heavy atom. The van der Waals surface area contributed by atoms with Gasteiger partial charge in [-0.2, -0.15) is 0 Å². The number of hydrogen-bond acceptors (Lipinski definition) is 2. The molecule has 0 aliphatic rings. The lowest BCUT2D eigenvalue weighted by molar-refractivity contribution is -0.131. The van der Waals surface area contributed by atoms with E-state index in [-0.39, 0.29) is 11.0 Å². The zero-order valence-corrected chi connectivity index (χ0v) is 5.32. The Balaban J connectivity index is 0. The van der Waals surface area contributed by atoms with Gasteiger partial charge in [-0.1, -0.05) is 6.58 Å². The maximum atomic E-state index is 9.25. The number of carboxylic acids is 1. The van der Waals surface area contributed by atoms with Gasteiger partial charge in [0.1, 0.15) is 0 Å². The number of aliphatic carboxylic acids is 1. The van der Waals surface area contributed by atoms with Gasteiger partial charge in [-0.3, -0.25) is 0 Å². The normalized spacial score (nSPS) is 6.55. The van der Waals surface area contributed by atoms with E-state index in [9.17, 15) is 4.79 Å². The van der Waals surface area contributed by atoms with Crippen LogP contribution in [-0.2, 0) is 4.79 Å². The highest BCUT2D eigenvalue weighted by Crippen LogP contribution is 1.62. The van der Waals surface area contributed by atoms with E-state index in [1.807, 2.05) is 0 Å². The van der Waals surface area contributed by atoms with E-state index in [0.717, 1.165) is 6.08 Å². The first-order valence-corrected chi connectivity index (χ1v) is 2.55. The second-order valence-electron chi connectivity index (χ2n) is 1.30. The fourth-order valence-corrected chi connectivity index (χ4v) is 0.215. The molecule has 0 aliphatic heterocycles. The van der Waals surface area contributed by atoms with Crippen LogP contribution in [-0.4, -0.2) is 32.0 Å². The Morgan fingerprint density at radius 2 is 2.27 bits per heavy atom. The highest BCUT2D eigenvalue weighted by atomic mass is 28.1. The summed E-state index contributed by atoms with van der Waals surface area (Å²) in [7, 11) is 0. The SMILES string of the molecule is C=CC(=O)O.[SiH4].c1c[nH]cn1. The number of carbonyl (C=O) groups is 1. The van der Waals surface area contributed by atoms with Crippen molar-refractivity contribution in [2.75, 3.05) is 0 Å². The minimum Gasteiger partial charge on any atom is -0.478 e. The van der Waals surface area contributed by atoms with Crippen molar-refractivity contribution in [3.05, 3.63) is 31.4 Å². The first-order chi connectivity index (χ1) is 4.77. The van der Waals surface area contributed by atoms with Crippen LogP contribution in [0.25, 0.3) is 0 Å². The minimum atomic E-state index is -0.981. The summed E-state index contributed by atoms with van der Waals surface area (Å²) in [5, 5.41) is 7.60. The molecule has 5 heteroatoms. The van der Waals surface area contributed by atoms with Crippen LogP contribution in [0.3, 0.4) is 0 Å². The molecule has 0 saturated heterocycles. The topological polar surface area (TPSA) is 66.0 Å². The van der Waals surface area contributed by atoms with Crippen LogP contribution in [0.5, 0.6) is 0 Å². The van der Waals surface area contributed by atoms with Crippen molar-refractivity contribution >= 4 is 16.9 Å². The van der Waals surface area contributed by atoms with Gasteiger partial charge in [-0.25, -0.2) is 9.78 Å². The van der Waals surface area contributed by atoms with Crippen LogP contribution in [0.4, 0.5) is 0 Å². The molecule has 0 unspecified atom stereocenters. The molecule has 0 spiro atoms. The summed E-state index contributed by atoms with van der Waals surface area (Å²) < 4.78 is 0. The summed E-state index contributed by atoms with van der Waals surface area (Å²) in [5.41, 5.74) is 0. The Kier molecular flexibility index (Phi) is 9.68. The molecule has 0 atom stereocenters. The molecule has 0 saturated carbocycles. The maximum absolute atomic E-state index is 9.25. The molecule has 11 heavy (non-hydrogen) atoms. The number of hydrogen-bond donors (Lipinski definition) is 2. The average Bonchev–Trinajstić information content (AvgIpc) is 2.43. The van der Waals surface area contributed by atoms with E-state index in [4.69, 9.17) is 5.11 Å². The molecule has 0 amide bonds. The standard InChI is InChI=1S/C3H4N2.C3H4O2.H4Si/c1-2-5-3-4-1;1-2-3(4)5;/h1-3H,(H,4,5);2H,1H2,(H,4,5);1H4. The molecule has 1 heterocycles. The summed E-state index contributed by atoms with van der Waals surface area (Å²) in [6.07, 6.45) is 5.92. The lowest BCUT2D eigenvalue weighted by atomic mass is 10.7. The number of nitrogens with zero attached hydrogens (tertiary/aromatic N) is 1. The molecule has 0 fully saturated rings. The third kappa shape index (κ3) is 12.0. The summed E-state index contributed by atoms with van der Waals surface area (Å²) in [5.74, 6) is -0.981. The van der Waals surface area contributed by atoms with Gasteiger partial charge in [0.2, 0.25) is 0 Å². The number of aromatic nitrogens is 2. The van der Waals surface area contributed by atoms with Crippen molar-refractivity contribution in [3.63, 3.8) is 0 Å². The number of nitrogens with one attached hydrogen (secondary N) is 1. The molecule has 1 rings (SSSR count). The first kappa shape index (κ1) is 12.3. The maximum Gasteiger partial charge on any atom is 0.327 e. The van der Waals surface area contributed by atoms with Crippen LogP contribution in [0, 0.1) is 0 Å². The van der Waals surface area contributed by atoms with Crippen molar-refractivity contribution in [1.29, 1.82) is 0 Å². The quantitative estimate of drug-likeness (QED) is 0.431. The number of H-pyrrole nitrogens is 1. The van der Waals surface area contributed by atoms with Crippen molar-refractivity contribution in [2.24, 2.45) is 0 Å². The predicted octanol–water partition coefficient (Wildman–Crippen LogP) is -0.785. The van der Waals surface area contributed by atoms with Crippen LogP contribution in [0.1, 0.15) is 0 Å². The van der Waals surface area contributed by atoms with Gasteiger partial charge in [0.15, 0.2) is 0 Å². The van der Waals surface area contributed by atoms with E-state index in [1.165, 1.54) is 0 Å². The summed E-state index contributed by atoms with van der Waals surface area (Å²) in [4.78, 5) is 15.7. The van der Waals surface area contributed by atoms with Gasteiger partial charge in [-0.15, -0.1) is 0 Å². The largest absolute Gasteiger partial charge is 0.478 e. The molecule has 62 valence electrons. The van der Waals surface area contributed by atoms with Crippen molar-refractivity contribution < 1.29 is 9.90 Å². The molecule has 0 radical (unpaired) electrons. The molecule has 0 bridgehead atoms. The van der Waals surface area contributed by atoms with Crippen LogP contribution >= 0.6 is 0 Å². The van der Waals surface area contributed by atoms with Gasteiger partial charge in [-0.05, 0) is 11.0 Å². The fraction of sp³-hybridized carbons (Fsp3) is 0. The second kappa shape index (κ2) is 8.64. The minimum absolute atomic E-state index is 0. The second-order valence-corrected chi connectivity index (χ2v) is 1.30. The number of aromatic amines is 1. The summed E-state index contributed by atoms with van der Waals surface area (Å²) >= 11 is 0. The molecule has 0 aromatic carbocycles. The van der Waals surface area contributed by atoms with E-state index in [1.54, 1.807) is 18.7 Å². The van der Waals surface area contributed by atoms with Crippen LogP contribution < -0.4 is 0 Å². The van der Waals surface area contributed by atoms with Crippen molar-refractivity contribution in [3.8, 4) is 0 Å². The predicted molar refractivity (Wildman–Crippen MR) is 47.8 cm³/mol. The van der Waals surface area contributed by atoms with Crippen molar-refractivity contribution in [2.45, 2.75) is 0 Å². The lowest BCUT2D eigenvalue weighted by Gasteiger charge is -1.64. The monoisotopic (exact) mass is 172 g/mol. The van der Waals surface area contributed by atoms with Crippen molar-refractivity contribution in [1.82, 2.24) is 9.97 Å². The Labute approximate surface area is 69.0 Å². The Hall–Kier alpha value is -1.36. The molecular formula is C6H12N2O2Si. The van der Waals surface area contributed by atoms with Gasteiger partial charge in [0.05, 0.1) is 6.33 Å². The summed E-state index contributed by atoms with van der Waals surface area (Å²) in [6, 6.07) is 0. The number of carboxylic acid groups (broad SMARTS) is 1. The molecular weight excluding hydrogens is 160 g/mol. The van der Waals surface area contributed by atoms with E-state index in [2.05, 4.69) is 16.5 Å². The highest BCUT2D eigenvalue weighted by molar-refractivity contribution is 5.78. The van der Waals surface area contributed by atoms with Gasteiger partial charge >= 0.3 is 5.97 Å². The van der Waals surface area contributed by atoms with E-state index < -0.39 is 5.97 Å². The number of rotatable bonds is 1. The average molecular weight is 172 g/mol. The zero-order chi connectivity index (χ0) is 7.82. The Morgan fingerprint density at radius 3 is 2.36 bits per heavy atom. The van der Waals surface area contributed by atoms with Gasteiger partial charge in [0, 0.05) is 18.5 Å². The Bertz CT molecular complexity index is 169. The van der Waals surface area contributed by atoms with Crippen LogP contribution in [0.15, 0.2) is 31.4 Å². The smallest absolute Gasteiger partial charge is 0.327 e. The highest BCUT2D eigenvalue weighted by Gasteiger charge is 1.73. The molecule has 4 nitrogen and oxygen atoms in total. The van der Waals surface area contributed by atoms with E-state index in [0.29, 0.717) is 0 Å². The van der Waals surface area contributed by atoms with Crippen LogP contribution in [0.2, 0.25) is 0 Å². The fourth-order valence-electron chi connectivity index (χ4n) is 0.215. The number of imidazole rings is 1. The van der Waals surface area contributed by atoms with Gasteiger partial charge in [0.25, 0.3) is 0 Å². The van der Waals surface area contributed by atoms with Gasteiger partial charge < -0.3 is 10.1 Å². The molecule has 1 aromatic heterocycles. The molecule has 2 N–H and O–H groups in total. The molecule has 0 aliphatic carbocycles. The third-order valence-electron chi connectivity index (χ3n) is 0.581. The summed E-state index contributed by atoms with van der Waals surface area (Å²) in [6.45, 7) is 2.96. The third-order valence-corrected chi connectivity index (χ3v) is 0.581. The molecule has 1 aromatic rings. The van der Waals surface area contributed by atoms with E-state index >= 15 is 0 Å². The first-order valence-electron chi connectivity index (χ1n) is 2.55. The zero-order valence-electron chi connectivity index (χ0n) is 5.32. The lowest BCUT2D eigenvalue weighted by Crippen LogP contribution is -1.82.